The van der Waals surface area contributed by atoms with E-state index < -0.39 is 39.2 Å². The van der Waals surface area contributed by atoms with Gasteiger partial charge in [0.15, 0.2) is 21.4 Å². The van der Waals surface area contributed by atoms with Gasteiger partial charge in [-0.05, 0) is 43.4 Å². The van der Waals surface area contributed by atoms with Crippen LogP contribution in [0.15, 0.2) is 29.2 Å². The van der Waals surface area contributed by atoms with Gasteiger partial charge in [0, 0.05) is 44.0 Å². The van der Waals surface area contributed by atoms with Crippen molar-refractivity contribution in [2.24, 2.45) is 17.8 Å². The first-order valence-corrected chi connectivity index (χ1v) is 17.4. The molecule has 0 radical (unpaired) electrons. The third-order valence-electron chi connectivity index (χ3n) is 8.97. The molecule has 1 aromatic rings. The fourth-order valence-corrected chi connectivity index (χ4v) is 6.90. The van der Waals surface area contributed by atoms with Crippen molar-refractivity contribution < 1.29 is 37.1 Å². The third kappa shape index (κ3) is 9.76. The quantitative estimate of drug-likeness (QED) is 0.277. The minimum atomic E-state index is -3.48. The predicted octanol–water partition coefficient (Wildman–Crippen LogP) is 2.56. The number of hydrogen-bond donors (Lipinski definition) is 1. The van der Waals surface area contributed by atoms with E-state index in [9.17, 15) is 27.6 Å². The number of ketones is 3. The average Bonchev–Trinajstić information content (AvgIpc) is 3.50. The van der Waals surface area contributed by atoms with E-state index in [-0.39, 0.29) is 48.1 Å². The van der Waals surface area contributed by atoms with Crippen LogP contribution in [-0.4, -0.2) is 93.9 Å². The molecule has 4 rings (SSSR count). The van der Waals surface area contributed by atoms with Gasteiger partial charge in [0.05, 0.1) is 37.3 Å². The zero-order valence-electron chi connectivity index (χ0n) is 25.6. The Labute approximate surface area is 255 Å². The second-order valence-electron chi connectivity index (χ2n) is 12.9. The molecule has 1 aromatic carbocycles. The van der Waals surface area contributed by atoms with Crippen molar-refractivity contribution >= 4 is 33.1 Å². The maximum atomic E-state index is 13.9. The summed E-state index contributed by atoms with van der Waals surface area (Å²) in [6.45, 7) is 6.49. The van der Waals surface area contributed by atoms with Gasteiger partial charge in [-0.3, -0.25) is 24.1 Å². The molecule has 3 aliphatic rings. The van der Waals surface area contributed by atoms with Crippen LogP contribution in [0.5, 0.6) is 0 Å². The van der Waals surface area contributed by atoms with E-state index in [0.717, 1.165) is 31.9 Å². The number of Topliss-reactive ketones (excluding diaryl/α,β-unsaturated/α-hetero) is 3. The summed E-state index contributed by atoms with van der Waals surface area (Å²) in [5.41, 5.74) is -0.282. The summed E-state index contributed by atoms with van der Waals surface area (Å²) in [5.74, 6) is -1.65. The van der Waals surface area contributed by atoms with Crippen molar-refractivity contribution in [2.45, 2.75) is 81.8 Å². The van der Waals surface area contributed by atoms with Crippen LogP contribution in [0.2, 0.25) is 0 Å². The summed E-state index contributed by atoms with van der Waals surface area (Å²) in [4.78, 5) is 55.5. The average molecular weight is 619 g/mol. The second-order valence-corrected chi connectivity index (χ2v) is 14.9. The number of nitrogens with one attached hydrogen (secondary N) is 1. The number of epoxide rings is 1. The first kappa shape index (κ1) is 33.4. The SMILES string of the molecule is CC(CC(=O)CN1CCOCC1)C(=O)NC(Cc1cccc(S(C)(=O)=O)c1)C(=O)CC(CC1CCCC1)C(=O)C1(C)CO1. The van der Waals surface area contributed by atoms with Gasteiger partial charge in [-0.1, -0.05) is 44.7 Å². The van der Waals surface area contributed by atoms with E-state index in [1.807, 2.05) is 4.90 Å². The van der Waals surface area contributed by atoms with Crippen molar-refractivity contribution in [3.63, 3.8) is 0 Å². The third-order valence-corrected chi connectivity index (χ3v) is 10.1. The normalized spacial score (nSPS) is 23.3. The number of benzene rings is 1. The fraction of sp³-hybridized carbons (Fsp3) is 0.688. The number of ether oxygens (including phenoxy) is 2. The molecular weight excluding hydrogens is 572 g/mol. The Morgan fingerprint density at radius 1 is 1.09 bits per heavy atom. The topological polar surface area (TPSA) is 139 Å². The van der Waals surface area contributed by atoms with Crippen molar-refractivity contribution in [2.75, 3.05) is 45.7 Å². The van der Waals surface area contributed by atoms with E-state index in [4.69, 9.17) is 9.47 Å². The molecule has 3 fully saturated rings. The molecule has 2 saturated heterocycles. The smallest absolute Gasteiger partial charge is 0.223 e. The van der Waals surface area contributed by atoms with Crippen molar-refractivity contribution in [3.8, 4) is 0 Å². The minimum Gasteiger partial charge on any atom is -0.379 e. The number of sulfone groups is 1. The highest BCUT2D eigenvalue weighted by Gasteiger charge is 2.50. The number of nitrogens with zero attached hydrogens (tertiary/aromatic N) is 1. The molecule has 10 nitrogen and oxygen atoms in total. The summed E-state index contributed by atoms with van der Waals surface area (Å²) >= 11 is 0. The summed E-state index contributed by atoms with van der Waals surface area (Å²) in [6, 6.07) is 5.35. The molecule has 11 heteroatoms. The van der Waals surface area contributed by atoms with Crippen LogP contribution in [-0.2, 0) is 44.9 Å². The molecule has 1 N–H and O–H groups in total. The van der Waals surface area contributed by atoms with Crippen LogP contribution in [0.1, 0.15) is 64.4 Å². The minimum absolute atomic E-state index is 0.0324. The maximum Gasteiger partial charge on any atom is 0.223 e. The Morgan fingerprint density at radius 3 is 2.40 bits per heavy atom. The monoisotopic (exact) mass is 618 g/mol. The lowest BCUT2D eigenvalue weighted by Crippen LogP contribution is -2.46. The van der Waals surface area contributed by atoms with Gasteiger partial charge in [-0.15, -0.1) is 0 Å². The molecule has 1 saturated carbocycles. The molecule has 0 aromatic heterocycles. The van der Waals surface area contributed by atoms with Gasteiger partial charge in [0.1, 0.15) is 11.4 Å². The van der Waals surface area contributed by atoms with Gasteiger partial charge in [-0.25, -0.2) is 8.42 Å². The molecule has 238 valence electrons. The summed E-state index contributed by atoms with van der Waals surface area (Å²) in [5, 5.41) is 2.86. The first-order chi connectivity index (χ1) is 20.3. The summed E-state index contributed by atoms with van der Waals surface area (Å²) < 4.78 is 35.1. The van der Waals surface area contributed by atoms with E-state index in [1.54, 1.807) is 26.0 Å². The van der Waals surface area contributed by atoms with Gasteiger partial charge < -0.3 is 14.8 Å². The van der Waals surface area contributed by atoms with Crippen LogP contribution < -0.4 is 5.32 Å². The van der Waals surface area contributed by atoms with Crippen LogP contribution in [0, 0.1) is 17.8 Å². The second kappa shape index (κ2) is 14.5. The predicted molar refractivity (Wildman–Crippen MR) is 160 cm³/mol. The number of carbonyl (C=O) groups is 4. The lowest BCUT2D eigenvalue weighted by molar-refractivity contribution is -0.134. The highest BCUT2D eigenvalue weighted by molar-refractivity contribution is 7.90. The lowest BCUT2D eigenvalue weighted by atomic mass is 9.81. The number of morpholine rings is 1. The summed E-state index contributed by atoms with van der Waals surface area (Å²) in [6.07, 6.45) is 6.09. The highest BCUT2D eigenvalue weighted by Crippen LogP contribution is 2.37. The Balaban J connectivity index is 1.48. The Bertz CT molecular complexity index is 1280. The highest BCUT2D eigenvalue weighted by atomic mass is 32.2. The molecule has 2 heterocycles. The standard InChI is InChI=1S/C32H46N2O8S/c1-22(15-26(35)20-34-11-13-41-14-12-34)31(38)33-28(18-24-9-6-10-27(17-24)43(3,39)40)29(36)19-25(16-23-7-4-5-8-23)30(37)32(2)21-42-32/h6,9-10,17,22-23,25,28H,4-5,7-8,11-16,18-21H2,1-3H3,(H,33,38). The van der Waals surface area contributed by atoms with E-state index in [0.29, 0.717) is 50.8 Å². The van der Waals surface area contributed by atoms with Crippen LogP contribution in [0.4, 0.5) is 0 Å². The zero-order valence-corrected chi connectivity index (χ0v) is 26.5. The molecule has 1 amide bonds. The fourth-order valence-electron chi connectivity index (χ4n) is 6.20. The summed E-state index contributed by atoms with van der Waals surface area (Å²) in [7, 11) is -3.48. The molecule has 0 spiro atoms. The number of rotatable bonds is 16. The van der Waals surface area contributed by atoms with E-state index >= 15 is 0 Å². The molecule has 4 atom stereocenters. The van der Waals surface area contributed by atoms with E-state index in [2.05, 4.69) is 5.32 Å². The lowest BCUT2D eigenvalue weighted by Gasteiger charge is -2.26. The molecule has 2 aliphatic heterocycles. The van der Waals surface area contributed by atoms with E-state index in [1.165, 1.54) is 12.1 Å². The van der Waals surface area contributed by atoms with Crippen LogP contribution in [0.3, 0.4) is 0 Å². The van der Waals surface area contributed by atoms with Crippen molar-refractivity contribution in [3.05, 3.63) is 29.8 Å². The molecule has 43 heavy (non-hydrogen) atoms. The van der Waals surface area contributed by atoms with Gasteiger partial charge >= 0.3 is 0 Å². The van der Waals surface area contributed by atoms with Gasteiger partial charge in [0.25, 0.3) is 0 Å². The molecule has 4 unspecified atom stereocenters. The molecule has 1 aliphatic carbocycles. The van der Waals surface area contributed by atoms with Crippen LogP contribution in [0.25, 0.3) is 0 Å². The number of hydrogen-bond acceptors (Lipinski definition) is 9. The van der Waals surface area contributed by atoms with Gasteiger partial charge in [0.2, 0.25) is 5.91 Å². The van der Waals surface area contributed by atoms with Crippen molar-refractivity contribution in [1.29, 1.82) is 0 Å². The van der Waals surface area contributed by atoms with Crippen molar-refractivity contribution in [1.82, 2.24) is 10.2 Å². The largest absolute Gasteiger partial charge is 0.379 e. The molecular formula is C32H46N2O8S. The first-order valence-electron chi connectivity index (χ1n) is 15.5. The Morgan fingerprint density at radius 2 is 1.77 bits per heavy atom. The number of amides is 1. The maximum absolute atomic E-state index is 13.9. The number of carbonyl (C=O) groups excluding carboxylic acids is 4. The zero-order chi connectivity index (χ0) is 31.2. The van der Waals surface area contributed by atoms with Gasteiger partial charge in [-0.2, -0.15) is 0 Å². The Kier molecular flexibility index (Phi) is 11.3. The molecule has 0 bridgehead atoms. The van der Waals surface area contributed by atoms with Crippen LogP contribution >= 0.6 is 0 Å². The Hall–Kier alpha value is -2.47.